The quantitative estimate of drug-likeness (QED) is 0.728. The van der Waals surface area contributed by atoms with Gasteiger partial charge in [0.2, 0.25) is 0 Å². The third-order valence-electron chi connectivity index (χ3n) is 2.72. The Bertz CT molecular complexity index is 668. The van der Waals surface area contributed by atoms with Crippen LogP contribution in [0.15, 0.2) is 24.4 Å². The van der Waals surface area contributed by atoms with Crippen molar-refractivity contribution in [2.24, 2.45) is 0 Å². The van der Waals surface area contributed by atoms with Gasteiger partial charge in [0.15, 0.2) is 0 Å². The summed E-state index contributed by atoms with van der Waals surface area (Å²) in [5.74, 6) is 0.601. The SMILES string of the molecule is CCc1nc2ccc(-c3cn[nH]c3N)cc2s1. The van der Waals surface area contributed by atoms with Crippen molar-refractivity contribution in [2.45, 2.75) is 13.3 Å². The molecule has 1 aromatic carbocycles. The van der Waals surface area contributed by atoms with E-state index < -0.39 is 0 Å². The van der Waals surface area contributed by atoms with E-state index in [1.807, 2.05) is 12.1 Å². The summed E-state index contributed by atoms with van der Waals surface area (Å²) in [5, 5.41) is 7.85. The Kier molecular flexibility index (Phi) is 2.33. The Labute approximate surface area is 102 Å². The topological polar surface area (TPSA) is 67.6 Å². The van der Waals surface area contributed by atoms with Crippen molar-refractivity contribution in [2.75, 3.05) is 5.73 Å². The molecule has 4 nitrogen and oxygen atoms in total. The number of aryl methyl sites for hydroxylation is 1. The van der Waals surface area contributed by atoms with E-state index in [9.17, 15) is 0 Å². The second-order valence-corrected chi connectivity index (χ2v) is 4.96. The highest BCUT2D eigenvalue weighted by Gasteiger charge is 2.07. The minimum atomic E-state index is 0.601. The molecular formula is C12H12N4S. The highest BCUT2D eigenvalue weighted by atomic mass is 32.1. The normalized spacial score (nSPS) is 11.1. The summed E-state index contributed by atoms with van der Waals surface area (Å²) in [6.45, 7) is 2.12. The van der Waals surface area contributed by atoms with Crippen LogP contribution in [0.5, 0.6) is 0 Å². The van der Waals surface area contributed by atoms with Crippen molar-refractivity contribution in [3.05, 3.63) is 29.4 Å². The van der Waals surface area contributed by atoms with Crippen LogP contribution in [0.2, 0.25) is 0 Å². The zero-order chi connectivity index (χ0) is 11.8. The van der Waals surface area contributed by atoms with Crippen LogP contribution in [0.3, 0.4) is 0 Å². The van der Waals surface area contributed by atoms with E-state index in [1.54, 1.807) is 17.5 Å². The van der Waals surface area contributed by atoms with Crippen LogP contribution in [-0.4, -0.2) is 15.2 Å². The second-order valence-electron chi connectivity index (χ2n) is 3.84. The molecule has 0 atom stereocenters. The number of nitrogens with zero attached hydrogens (tertiary/aromatic N) is 2. The summed E-state index contributed by atoms with van der Waals surface area (Å²) < 4.78 is 1.19. The van der Waals surface area contributed by atoms with Gasteiger partial charge in [-0.3, -0.25) is 5.10 Å². The van der Waals surface area contributed by atoms with Crippen molar-refractivity contribution in [1.82, 2.24) is 15.2 Å². The summed E-state index contributed by atoms with van der Waals surface area (Å²) in [4.78, 5) is 4.54. The van der Waals surface area contributed by atoms with Gasteiger partial charge in [-0.15, -0.1) is 11.3 Å². The number of nitrogens with one attached hydrogen (secondary N) is 1. The second kappa shape index (κ2) is 3.85. The van der Waals surface area contributed by atoms with E-state index in [0.717, 1.165) is 28.1 Å². The summed E-state index contributed by atoms with van der Waals surface area (Å²) in [6, 6.07) is 6.18. The Morgan fingerprint density at radius 3 is 3.00 bits per heavy atom. The first-order valence-corrected chi connectivity index (χ1v) is 6.28. The number of nitrogen functional groups attached to an aromatic ring is 1. The number of hydrogen-bond acceptors (Lipinski definition) is 4. The maximum Gasteiger partial charge on any atom is 0.126 e. The van der Waals surface area contributed by atoms with Gasteiger partial charge in [-0.1, -0.05) is 13.0 Å². The van der Waals surface area contributed by atoms with E-state index in [4.69, 9.17) is 5.73 Å². The molecule has 0 aliphatic carbocycles. The molecule has 0 amide bonds. The van der Waals surface area contributed by atoms with Crippen molar-refractivity contribution >= 4 is 27.4 Å². The van der Waals surface area contributed by atoms with E-state index >= 15 is 0 Å². The minimum absolute atomic E-state index is 0.601. The van der Waals surface area contributed by atoms with Gasteiger partial charge >= 0.3 is 0 Å². The number of aromatic amines is 1. The predicted octanol–water partition coefficient (Wildman–Crippen LogP) is 2.83. The number of benzene rings is 1. The lowest BCUT2D eigenvalue weighted by atomic mass is 10.1. The molecule has 2 heterocycles. The largest absolute Gasteiger partial charge is 0.384 e. The fourth-order valence-corrected chi connectivity index (χ4v) is 2.76. The number of thiazole rings is 1. The van der Waals surface area contributed by atoms with Crippen LogP contribution < -0.4 is 5.73 Å². The van der Waals surface area contributed by atoms with E-state index in [-0.39, 0.29) is 0 Å². The van der Waals surface area contributed by atoms with Crippen molar-refractivity contribution in [1.29, 1.82) is 0 Å². The molecule has 0 bridgehead atoms. The van der Waals surface area contributed by atoms with Gasteiger partial charge in [0.05, 0.1) is 21.4 Å². The smallest absolute Gasteiger partial charge is 0.126 e. The Balaban J connectivity index is 2.16. The van der Waals surface area contributed by atoms with E-state index in [2.05, 4.69) is 28.2 Å². The first-order valence-electron chi connectivity index (χ1n) is 5.46. The van der Waals surface area contributed by atoms with Gasteiger partial charge in [-0.05, 0) is 24.1 Å². The van der Waals surface area contributed by atoms with Gasteiger partial charge in [-0.2, -0.15) is 5.10 Å². The molecule has 0 unspecified atom stereocenters. The molecule has 3 rings (SSSR count). The number of rotatable bonds is 2. The monoisotopic (exact) mass is 244 g/mol. The van der Waals surface area contributed by atoms with Gasteiger partial charge in [0.25, 0.3) is 0 Å². The number of hydrogen-bond donors (Lipinski definition) is 2. The van der Waals surface area contributed by atoms with Crippen molar-refractivity contribution < 1.29 is 0 Å². The van der Waals surface area contributed by atoms with E-state index in [0.29, 0.717) is 5.82 Å². The Morgan fingerprint density at radius 1 is 1.41 bits per heavy atom. The number of fused-ring (bicyclic) bond motifs is 1. The van der Waals surface area contributed by atoms with Crippen LogP contribution in [0.25, 0.3) is 21.3 Å². The van der Waals surface area contributed by atoms with Crippen LogP contribution in [-0.2, 0) is 6.42 Å². The van der Waals surface area contributed by atoms with Crippen LogP contribution in [0.4, 0.5) is 5.82 Å². The molecule has 0 radical (unpaired) electrons. The molecular weight excluding hydrogens is 232 g/mol. The molecule has 0 saturated carbocycles. The molecule has 0 aliphatic heterocycles. The number of anilines is 1. The summed E-state index contributed by atoms with van der Waals surface area (Å²) in [6.07, 6.45) is 2.72. The summed E-state index contributed by atoms with van der Waals surface area (Å²) >= 11 is 1.73. The average Bonchev–Trinajstić information content (AvgIpc) is 2.93. The number of H-pyrrole nitrogens is 1. The first-order chi connectivity index (χ1) is 8.28. The third kappa shape index (κ3) is 1.68. The van der Waals surface area contributed by atoms with Crippen LogP contribution in [0, 0.1) is 0 Å². The molecule has 3 N–H and O–H groups in total. The van der Waals surface area contributed by atoms with Gasteiger partial charge in [0.1, 0.15) is 5.82 Å². The fourth-order valence-electron chi connectivity index (χ4n) is 1.82. The molecule has 2 aromatic heterocycles. The molecule has 0 aliphatic rings. The molecule has 0 fully saturated rings. The van der Waals surface area contributed by atoms with E-state index in [1.165, 1.54) is 4.70 Å². The lowest BCUT2D eigenvalue weighted by Gasteiger charge is -1.98. The average molecular weight is 244 g/mol. The summed E-state index contributed by atoms with van der Waals surface area (Å²) in [5.41, 5.74) is 8.89. The maximum atomic E-state index is 5.82. The Hall–Kier alpha value is -1.88. The highest BCUT2D eigenvalue weighted by Crippen LogP contribution is 2.30. The third-order valence-corrected chi connectivity index (χ3v) is 3.88. The number of aromatic nitrogens is 3. The molecule has 86 valence electrons. The highest BCUT2D eigenvalue weighted by molar-refractivity contribution is 7.18. The van der Waals surface area contributed by atoms with Gasteiger partial charge < -0.3 is 5.73 Å². The molecule has 3 aromatic rings. The molecule has 17 heavy (non-hydrogen) atoms. The standard InChI is InChI=1S/C12H12N4S/c1-2-11-15-9-4-3-7(5-10(9)17-11)8-6-14-16-12(8)13/h3-6H,2H2,1H3,(H3,13,14,16). The zero-order valence-electron chi connectivity index (χ0n) is 9.40. The van der Waals surface area contributed by atoms with Crippen molar-refractivity contribution in [3.63, 3.8) is 0 Å². The van der Waals surface area contributed by atoms with Gasteiger partial charge in [-0.25, -0.2) is 4.98 Å². The molecule has 0 saturated heterocycles. The minimum Gasteiger partial charge on any atom is -0.384 e. The summed E-state index contributed by atoms with van der Waals surface area (Å²) in [7, 11) is 0. The number of nitrogens with two attached hydrogens (primary N) is 1. The van der Waals surface area contributed by atoms with Crippen LogP contribution >= 0.6 is 11.3 Å². The first kappa shape index (κ1) is 10.3. The molecule has 0 spiro atoms. The van der Waals surface area contributed by atoms with Gasteiger partial charge in [0, 0.05) is 5.56 Å². The maximum absolute atomic E-state index is 5.82. The zero-order valence-corrected chi connectivity index (χ0v) is 10.2. The Morgan fingerprint density at radius 2 is 2.29 bits per heavy atom. The van der Waals surface area contributed by atoms with Crippen molar-refractivity contribution in [3.8, 4) is 11.1 Å². The lowest BCUT2D eigenvalue weighted by molar-refractivity contribution is 1.10. The van der Waals surface area contributed by atoms with Crippen LogP contribution in [0.1, 0.15) is 11.9 Å². The fraction of sp³-hybridized carbons (Fsp3) is 0.167. The molecule has 5 heteroatoms. The lowest BCUT2D eigenvalue weighted by Crippen LogP contribution is -1.87. The predicted molar refractivity (Wildman–Crippen MR) is 71.0 cm³/mol.